The third-order valence-corrected chi connectivity index (χ3v) is 4.03. The lowest BCUT2D eigenvalue weighted by atomic mass is 10.0. The van der Waals surface area contributed by atoms with Gasteiger partial charge in [-0.2, -0.15) is 5.10 Å². The second kappa shape index (κ2) is 6.07. The fourth-order valence-electron chi connectivity index (χ4n) is 2.21. The predicted octanol–water partition coefficient (Wildman–Crippen LogP) is 3.65. The van der Waals surface area contributed by atoms with Crippen LogP contribution in [-0.4, -0.2) is 16.8 Å². The van der Waals surface area contributed by atoms with Gasteiger partial charge in [0.05, 0.1) is 5.69 Å². The summed E-state index contributed by atoms with van der Waals surface area (Å²) in [7, 11) is 3.92. The smallest absolute Gasteiger partial charge is 0.0596 e. The van der Waals surface area contributed by atoms with Gasteiger partial charge in [-0.1, -0.05) is 27.5 Å². The van der Waals surface area contributed by atoms with E-state index in [9.17, 15) is 0 Å². The Kier molecular flexibility index (Phi) is 4.66. The number of aryl methyl sites for hydroxylation is 2. The van der Waals surface area contributed by atoms with Crippen LogP contribution in [0.1, 0.15) is 23.0 Å². The van der Waals surface area contributed by atoms with Crippen LogP contribution in [-0.2, 0) is 13.5 Å². The van der Waals surface area contributed by atoms with Crippen molar-refractivity contribution in [3.63, 3.8) is 0 Å². The largest absolute Gasteiger partial charge is 0.313 e. The van der Waals surface area contributed by atoms with Crippen LogP contribution in [0.4, 0.5) is 0 Å². The molecular weight excluding hydrogens is 326 g/mol. The minimum absolute atomic E-state index is 0.166. The Bertz CT molecular complexity index is 580. The molecule has 3 nitrogen and oxygen atoms in total. The van der Waals surface area contributed by atoms with Crippen LogP contribution in [0.2, 0.25) is 5.02 Å². The van der Waals surface area contributed by atoms with Crippen molar-refractivity contribution in [1.82, 2.24) is 15.1 Å². The lowest BCUT2D eigenvalue weighted by Gasteiger charge is -2.18. The second-order valence-electron chi connectivity index (χ2n) is 4.61. The average Bonchev–Trinajstić information content (AvgIpc) is 2.68. The minimum Gasteiger partial charge on any atom is -0.313 e. The Morgan fingerprint density at radius 3 is 2.74 bits per heavy atom. The molecule has 1 unspecified atom stereocenters. The molecule has 0 bridgehead atoms. The first kappa shape index (κ1) is 14.6. The monoisotopic (exact) mass is 341 g/mol. The second-order valence-corrected chi connectivity index (χ2v) is 5.93. The molecule has 102 valence electrons. The zero-order valence-corrected chi connectivity index (χ0v) is 13.6. The number of hydrogen-bond donors (Lipinski definition) is 1. The standard InChI is InChI=1S/C14H17BrClN3/c1-9-6-11(19(3)18-9)8-14(17-2)12-7-10(15)4-5-13(12)16/h4-7,14,17H,8H2,1-3H3. The van der Waals surface area contributed by atoms with E-state index in [-0.39, 0.29) is 6.04 Å². The van der Waals surface area contributed by atoms with Crippen LogP contribution in [0, 0.1) is 6.92 Å². The molecular formula is C14H17BrClN3. The van der Waals surface area contributed by atoms with E-state index in [0.717, 1.165) is 27.2 Å². The van der Waals surface area contributed by atoms with Gasteiger partial charge in [-0.15, -0.1) is 0 Å². The summed E-state index contributed by atoms with van der Waals surface area (Å²) >= 11 is 9.79. The van der Waals surface area contributed by atoms with Gasteiger partial charge in [0.15, 0.2) is 0 Å². The Hall–Kier alpha value is -0.840. The first-order valence-electron chi connectivity index (χ1n) is 6.13. The first-order valence-corrected chi connectivity index (χ1v) is 7.30. The average molecular weight is 343 g/mol. The lowest BCUT2D eigenvalue weighted by Crippen LogP contribution is -2.20. The van der Waals surface area contributed by atoms with Crippen LogP contribution >= 0.6 is 27.5 Å². The Morgan fingerprint density at radius 1 is 1.42 bits per heavy atom. The molecule has 5 heteroatoms. The van der Waals surface area contributed by atoms with Crippen LogP contribution in [0.3, 0.4) is 0 Å². The normalized spacial score (nSPS) is 12.7. The maximum absolute atomic E-state index is 6.30. The molecule has 1 heterocycles. The third-order valence-electron chi connectivity index (χ3n) is 3.19. The molecule has 0 aliphatic heterocycles. The molecule has 1 aromatic carbocycles. The van der Waals surface area contributed by atoms with E-state index >= 15 is 0 Å². The molecule has 0 aliphatic carbocycles. The summed E-state index contributed by atoms with van der Waals surface area (Å²) in [5.41, 5.74) is 3.32. The first-order chi connectivity index (χ1) is 9.01. The van der Waals surface area contributed by atoms with Gasteiger partial charge < -0.3 is 5.32 Å². The summed E-state index contributed by atoms with van der Waals surface area (Å²) in [6, 6.07) is 8.20. The Balaban J connectivity index is 2.30. The van der Waals surface area contributed by atoms with Crippen LogP contribution in [0.25, 0.3) is 0 Å². The molecule has 0 saturated carbocycles. The summed E-state index contributed by atoms with van der Waals surface area (Å²) in [5.74, 6) is 0. The molecule has 0 spiro atoms. The number of likely N-dealkylation sites (N-methyl/N-ethyl adjacent to an activating group) is 1. The molecule has 19 heavy (non-hydrogen) atoms. The highest BCUT2D eigenvalue weighted by molar-refractivity contribution is 9.10. The molecule has 2 rings (SSSR count). The fourth-order valence-corrected chi connectivity index (χ4v) is 2.84. The molecule has 1 aromatic heterocycles. The molecule has 1 N–H and O–H groups in total. The zero-order chi connectivity index (χ0) is 14.0. The number of benzene rings is 1. The van der Waals surface area contributed by atoms with Gasteiger partial charge in [0, 0.05) is 34.7 Å². The summed E-state index contributed by atoms with van der Waals surface area (Å²) in [6.07, 6.45) is 0.851. The van der Waals surface area contributed by atoms with Gasteiger partial charge in [0.25, 0.3) is 0 Å². The van der Waals surface area contributed by atoms with Crippen molar-refractivity contribution in [1.29, 1.82) is 0 Å². The number of halogens is 2. The molecule has 0 aliphatic rings. The van der Waals surface area contributed by atoms with Crippen molar-refractivity contribution in [2.45, 2.75) is 19.4 Å². The third kappa shape index (κ3) is 3.38. The van der Waals surface area contributed by atoms with Gasteiger partial charge in [-0.05, 0) is 43.8 Å². The van der Waals surface area contributed by atoms with Gasteiger partial charge >= 0.3 is 0 Å². The number of rotatable bonds is 4. The zero-order valence-electron chi connectivity index (χ0n) is 11.2. The SMILES string of the molecule is CNC(Cc1cc(C)nn1C)c1cc(Br)ccc1Cl. The van der Waals surface area contributed by atoms with Crippen LogP contribution < -0.4 is 5.32 Å². The van der Waals surface area contributed by atoms with E-state index in [0.29, 0.717) is 0 Å². The van der Waals surface area contributed by atoms with Crippen LogP contribution in [0.15, 0.2) is 28.7 Å². The summed E-state index contributed by atoms with van der Waals surface area (Å²) in [5, 5.41) is 8.48. The molecule has 0 amide bonds. The Labute approximate surface area is 127 Å². The molecule has 1 atom stereocenters. The lowest BCUT2D eigenvalue weighted by molar-refractivity contribution is 0.561. The topological polar surface area (TPSA) is 29.9 Å². The van der Waals surface area contributed by atoms with Gasteiger partial charge in [-0.3, -0.25) is 4.68 Å². The van der Waals surface area contributed by atoms with Gasteiger partial charge in [0.1, 0.15) is 0 Å². The number of aromatic nitrogens is 2. The van der Waals surface area contributed by atoms with Crippen molar-refractivity contribution in [2.75, 3.05) is 7.05 Å². The minimum atomic E-state index is 0.166. The van der Waals surface area contributed by atoms with Gasteiger partial charge in [-0.25, -0.2) is 0 Å². The van der Waals surface area contributed by atoms with E-state index in [1.807, 2.05) is 37.8 Å². The fraction of sp³-hybridized carbons (Fsp3) is 0.357. The summed E-state index contributed by atoms with van der Waals surface area (Å²) < 4.78 is 2.96. The highest BCUT2D eigenvalue weighted by Crippen LogP contribution is 2.28. The number of nitrogens with one attached hydrogen (secondary N) is 1. The number of nitrogens with zero attached hydrogens (tertiary/aromatic N) is 2. The molecule has 0 saturated heterocycles. The summed E-state index contributed by atoms with van der Waals surface area (Å²) in [4.78, 5) is 0. The summed E-state index contributed by atoms with van der Waals surface area (Å²) in [6.45, 7) is 2.00. The maximum atomic E-state index is 6.30. The van der Waals surface area contributed by atoms with E-state index in [2.05, 4.69) is 38.5 Å². The highest BCUT2D eigenvalue weighted by Gasteiger charge is 2.16. The van der Waals surface area contributed by atoms with E-state index in [1.54, 1.807) is 0 Å². The highest BCUT2D eigenvalue weighted by atomic mass is 79.9. The van der Waals surface area contributed by atoms with E-state index in [4.69, 9.17) is 11.6 Å². The van der Waals surface area contributed by atoms with E-state index in [1.165, 1.54) is 5.69 Å². The quantitative estimate of drug-likeness (QED) is 0.919. The maximum Gasteiger partial charge on any atom is 0.0596 e. The van der Waals surface area contributed by atoms with Crippen molar-refractivity contribution in [2.24, 2.45) is 7.05 Å². The van der Waals surface area contributed by atoms with Crippen molar-refractivity contribution in [3.8, 4) is 0 Å². The van der Waals surface area contributed by atoms with Crippen molar-refractivity contribution >= 4 is 27.5 Å². The van der Waals surface area contributed by atoms with E-state index < -0.39 is 0 Å². The molecule has 2 aromatic rings. The molecule has 0 radical (unpaired) electrons. The molecule has 0 fully saturated rings. The number of hydrogen-bond acceptors (Lipinski definition) is 2. The van der Waals surface area contributed by atoms with Gasteiger partial charge in [0.2, 0.25) is 0 Å². The van der Waals surface area contributed by atoms with Crippen molar-refractivity contribution < 1.29 is 0 Å². The van der Waals surface area contributed by atoms with Crippen LogP contribution in [0.5, 0.6) is 0 Å². The Morgan fingerprint density at radius 2 is 2.16 bits per heavy atom. The predicted molar refractivity (Wildman–Crippen MR) is 82.6 cm³/mol. The van der Waals surface area contributed by atoms with Crippen molar-refractivity contribution in [3.05, 3.63) is 50.7 Å².